The van der Waals surface area contributed by atoms with Gasteiger partial charge in [-0.1, -0.05) is 24.3 Å². The molecule has 1 amide bonds. The monoisotopic (exact) mass is 342 g/mol. The standard InChI is InChI=1S/C20H23FN2O2/c1-23(18-8-4-6-14-5-2-3-7-16(14)18)20(24)17-13-15(21)9-10-19(17)25-12-11-22/h2-3,5,7,9-10,13,18H,4,6,8,11-12,22H2,1H3/t18-/m1/s1. The summed E-state index contributed by atoms with van der Waals surface area (Å²) in [5, 5.41) is 0. The smallest absolute Gasteiger partial charge is 0.257 e. The van der Waals surface area contributed by atoms with Crippen LogP contribution in [-0.2, 0) is 6.42 Å². The number of hydrogen-bond donors (Lipinski definition) is 1. The molecule has 0 aromatic heterocycles. The van der Waals surface area contributed by atoms with Gasteiger partial charge in [0.15, 0.2) is 0 Å². The van der Waals surface area contributed by atoms with Crippen LogP contribution in [-0.4, -0.2) is 31.0 Å². The molecular formula is C20H23FN2O2. The van der Waals surface area contributed by atoms with Gasteiger partial charge in [0, 0.05) is 13.6 Å². The van der Waals surface area contributed by atoms with E-state index in [0.29, 0.717) is 12.3 Å². The summed E-state index contributed by atoms with van der Waals surface area (Å²) in [4.78, 5) is 14.7. The fourth-order valence-corrected chi connectivity index (χ4v) is 3.43. The lowest BCUT2D eigenvalue weighted by Gasteiger charge is -2.33. The van der Waals surface area contributed by atoms with Crippen LogP contribution in [0.2, 0.25) is 0 Å². The zero-order valence-corrected chi connectivity index (χ0v) is 14.4. The quantitative estimate of drug-likeness (QED) is 0.907. The Kier molecular flexibility index (Phi) is 5.34. The number of amides is 1. The topological polar surface area (TPSA) is 55.6 Å². The third-order valence-corrected chi connectivity index (χ3v) is 4.67. The van der Waals surface area contributed by atoms with Gasteiger partial charge in [-0.2, -0.15) is 0 Å². The molecule has 0 unspecified atom stereocenters. The Hall–Kier alpha value is -2.40. The van der Waals surface area contributed by atoms with Gasteiger partial charge in [-0.3, -0.25) is 4.79 Å². The lowest BCUT2D eigenvalue weighted by molar-refractivity contribution is 0.0710. The number of hydrogen-bond acceptors (Lipinski definition) is 3. The van der Waals surface area contributed by atoms with E-state index >= 15 is 0 Å². The molecule has 1 atom stereocenters. The second kappa shape index (κ2) is 7.66. The fourth-order valence-electron chi connectivity index (χ4n) is 3.43. The normalized spacial score (nSPS) is 16.2. The molecule has 2 aromatic rings. The van der Waals surface area contributed by atoms with Gasteiger partial charge in [-0.25, -0.2) is 4.39 Å². The van der Waals surface area contributed by atoms with E-state index in [4.69, 9.17) is 10.5 Å². The Labute approximate surface area is 147 Å². The third kappa shape index (κ3) is 3.66. The number of nitrogens with zero attached hydrogens (tertiary/aromatic N) is 1. The molecule has 132 valence electrons. The maximum Gasteiger partial charge on any atom is 0.257 e. The molecule has 0 radical (unpaired) electrons. The van der Waals surface area contributed by atoms with Crippen molar-refractivity contribution in [3.63, 3.8) is 0 Å². The molecule has 0 saturated heterocycles. The SMILES string of the molecule is CN(C(=O)c1cc(F)ccc1OCCN)[C@@H]1CCCc2ccccc21. The van der Waals surface area contributed by atoms with E-state index < -0.39 is 5.82 Å². The van der Waals surface area contributed by atoms with Gasteiger partial charge in [0.25, 0.3) is 5.91 Å². The second-order valence-electron chi connectivity index (χ2n) is 6.30. The highest BCUT2D eigenvalue weighted by molar-refractivity contribution is 5.97. The van der Waals surface area contributed by atoms with Crippen LogP contribution in [0.1, 0.15) is 40.4 Å². The highest BCUT2D eigenvalue weighted by Gasteiger charge is 2.28. The summed E-state index contributed by atoms with van der Waals surface area (Å²) in [7, 11) is 1.77. The van der Waals surface area contributed by atoms with E-state index in [1.54, 1.807) is 11.9 Å². The average Bonchev–Trinajstić information content (AvgIpc) is 2.65. The molecule has 3 rings (SSSR count). The molecule has 4 nitrogen and oxygen atoms in total. The molecule has 25 heavy (non-hydrogen) atoms. The minimum atomic E-state index is -0.458. The zero-order valence-electron chi connectivity index (χ0n) is 14.4. The average molecular weight is 342 g/mol. The molecule has 0 spiro atoms. The molecular weight excluding hydrogens is 319 g/mol. The Morgan fingerprint density at radius 1 is 1.32 bits per heavy atom. The van der Waals surface area contributed by atoms with Crippen molar-refractivity contribution in [2.24, 2.45) is 5.73 Å². The van der Waals surface area contributed by atoms with Crippen LogP contribution in [0.5, 0.6) is 5.75 Å². The van der Waals surface area contributed by atoms with E-state index in [2.05, 4.69) is 12.1 Å². The molecule has 5 heteroatoms. The van der Waals surface area contributed by atoms with E-state index in [9.17, 15) is 9.18 Å². The number of fused-ring (bicyclic) bond motifs is 1. The second-order valence-corrected chi connectivity index (χ2v) is 6.30. The van der Waals surface area contributed by atoms with Gasteiger partial charge in [0.1, 0.15) is 18.2 Å². The predicted octanol–water partition coefficient (Wildman–Crippen LogP) is 3.31. The highest BCUT2D eigenvalue weighted by Crippen LogP contribution is 2.35. The summed E-state index contributed by atoms with van der Waals surface area (Å²) in [5.41, 5.74) is 8.15. The number of carbonyl (C=O) groups is 1. The zero-order chi connectivity index (χ0) is 17.8. The van der Waals surface area contributed by atoms with E-state index in [1.165, 1.54) is 29.3 Å². The maximum absolute atomic E-state index is 13.7. The fraction of sp³-hybridized carbons (Fsp3) is 0.350. The van der Waals surface area contributed by atoms with Crippen molar-refractivity contribution in [3.8, 4) is 5.75 Å². The molecule has 0 aliphatic heterocycles. The molecule has 2 N–H and O–H groups in total. The van der Waals surface area contributed by atoms with Gasteiger partial charge in [0.2, 0.25) is 0 Å². The van der Waals surface area contributed by atoms with Crippen molar-refractivity contribution < 1.29 is 13.9 Å². The van der Waals surface area contributed by atoms with Gasteiger partial charge < -0.3 is 15.4 Å². The van der Waals surface area contributed by atoms with Gasteiger partial charge in [-0.05, 0) is 48.6 Å². The summed E-state index contributed by atoms with van der Waals surface area (Å²) in [6.45, 7) is 0.610. The number of carbonyl (C=O) groups excluding carboxylic acids is 1. The molecule has 0 fully saturated rings. The predicted molar refractivity (Wildman–Crippen MR) is 95.2 cm³/mol. The third-order valence-electron chi connectivity index (χ3n) is 4.67. The number of halogens is 1. The Bertz CT molecular complexity index is 763. The van der Waals surface area contributed by atoms with E-state index in [0.717, 1.165) is 19.3 Å². The lowest BCUT2D eigenvalue weighted by atomic mass is 9.87. The lowest BCUT2D eigenvalue weighted by Crippen LogP contribution is -2.33. The van der Waals surface area contributed by atoms with Gasteiger partial charge in [-0.15, -0.1) is 0 Å². The summed E-state index contributed by atoms with van der Waals surface area (Å²) < 4.78 is 19.3. The molecule has 1 aliphatic rings. The maximum atomic E-state index is 13.7. The minimum Gasteiger partial charge on any atom is -0.491 e. The molecule has 0 saturated carbocycles. The van der Waals surface area contributed by atoms with Crippen LogP contribution in [0.4, 0.5) is 4.39 Å². The molecule has 2 aromatic carbocycles. The minimum absolute atomic E-state index is 0.0110. The number of benzene rings is 2. The number of rotatable bonds is 5. The summed E-state index contributed by atoms with van der Waals surface area (Å²) in [6, 6.07) is 12.2. The Morgan fingerprint density at radius 3 is 2.92 bits per heavy atom. The van der Waals surface area contributed by atoms with Crippen LogP contribution in [0.25, 0.3) is 0 Å². The Balaban J connectivity index is 1.90. The van der Waals surface area contributed by atoms with Crippen molar-refractivity contribution in [3.05, 3.63) is 65.0 Å². The molecule has 1 aliphatic carbocycles. The summed E-state index contributed by atoms with van der Waals surface area (Å²) in [6.07, 6.45) is 2.95. The van der Waals surface area contributed by atoms with Crippen LogP contribution in [0.3, 0.4) is 0 Å². The van der Waals surface area contributed by atoms with Gasteiger partial charge in [0.05, 0.1) is 11.6 Å². The van der Waals surface area contributed by atoms with Gasteiger partial charge >= 0.3 is 0 Å². The van der Waals surface area contributed by atoms with Crippen molar-refractivity contribution in [1.29, 1.82) is 0 Å². The summed E-state index contributed by atoms with van der Waals surface area (Å²) in [5.74, 6) is -0.332. The molecule has 0 bridgehead atoms. The highest BCUT2D eigenvalue weighted by atomic mass is 19.1. The van der Waals surface area contributed by atoms with E-state index in [1.807, 2.05) is 12.1 Å². The molecule has 0 heterocycles. The first-order valence-electron chi connectivity index (χ1n) is 8.59. The van der Waals surface area contributed by atoms with E-state index in [-0.39, 0.29) is 24.1 Å². The first-order valence-corrected chi connectivity index (χ1v) is 8.59. The van der Waals surface area contributed by atoms with Crippen molar-refractivity contribution in [2.45, 2.75) is 25.3 Å². The van der Waals surface area contributed by atoms with Crippen molar-refractivity contribution in [1.82, 2.24) is 4.90 Å². The van der Waals surface area contributed by atoms with Crippen LogP contribution in [0, 0.1) is 5.82 Å². The number of aryl methyl sites for hydroxylation is 1. The number of ether oxygens (including phenoxy) is 1. The largest absolute Gasteiger partial charge is 0.491 e. The van der Waals surface area contributed by atoms with Crippen LogP contribution >= 0.6 is 0 Å². The Morgan fingerprint density at radius 2 is 2.12 bits per heavy atom. The van der Waals surface area contributed by atoms with Crippen molar-refractivity contribution in [2.75, 3.05) is 20.2 Å². The summed E-state index contributed by atoms with van der Waals surface area (Å²) >= 11 is 0. The van der Waals surface area contributed by atoms with Crippen LogP contribution < -0.4 is 10.5 Å². The first-order chi connectivity index (χ1) is 12.1. The van der Waals surface area contributed by atoms with Crippen molar-refractivity contribution >= 4 is 5.91 Å². The first kappa shape index (κ1) is 17.4. The number of nitrogens with two attached hydrogens (primary N) is 1. The van der Waals surface area contributed by atoms with Crippen LogP contribution in [0.15, 0.2) is 42.5 Å².